The van der Waals surface area contributed by atoms with Crippen LogP contribution < -0.4 is 20.6 Å². The zero-order chi connectivity index (χ0) is 22.1. The van der Waals surface area contributed by atoms with Gasteiger partial charge in [0, 0.05) is 30.4 Å². The quantitative estimate of drug-likeness (QED) is 0.730. The molecule has 0 saturated carbocycles. The number of carbonyl (C=O) groups is 1. The van der Waals surface area contributed by atoms with Crippen LogP contribution >= 0.6 is 0 Å². The Hall–Kier alpha value is -2.80. The van der Waals surface area contributed by atoms with Gasteiger partial charge in [-0.2, -0.15) is 0 Å². The number of benzene rings is 1. The Bertz CT molecular complexity index is 1000. The van der Waals surface area contributed by atoms with Crippen LogP contribution in [0.3, 0.4) is 0 Å². The van der Waals surface area contributed by atoms with Gasteiger partial charge in [0.05, 0.1) is 19.4 Å². The van der Waals surface area contributed by atoms with E-state index in [1.165, 1.54) is 6.07 Å². The predicted molar refractivity (Wildman–Crippen MR) is 115 cm³/mol. The number of carbonyl (C=O) groups excluding carboxylic acids is 1. The van der Waals surface area contributed by atoms with Gasteiger partial charge in [0.2, 0.25) is 0 Å². The summed E-state index contributed by atoms with van der Waals surface area (Å²) in [5.74, 6) is 0.609. The summed E-state index contributed by atoms with van der Waals surface area (Å²) >= 11 is 0. The second kappa shape index (κ2) is 8.52. The molecule has 1 aliphatic rings. The van der Waals surface area contributed by atoms with Crippen LogP contribution in [-0.4, -0.2) is 37.4 Å². The van der Waals surface area contributed by atoms with Crippen molar-refractivity contribution >= 4 is 5.97 Å². The highest BCUT2D eigenvalue weighted by Gasteiger charge is 2.34. The molecule has 1 atom stereocenters. The van der Waals surface area contributed by atoms with E-state index >= 15 is 0 Å². The van der Waals surface area contributed by atoms with Crippen molar-refractivity contribution < 1.29 is 19.0 Å². The lowest BCUT2D eigenvalue weighted by Crippen LogP contribution is -2.33. The molecule has 2 aromatic rings. The van der Waals surface area contributed by atoms with Crippen LogP contribution in [0.5, 0.6) is 11.5 Å². The van der Waals surface area contributed by atoms with Gasteiger partial charge in [-0.25, -0.2) is 4.79 Å². The highest BCUT2D eigenvalue weighted by atomic mass is 16.5. The van der Waals surface area contributed by atoms with Gasteiger partial charge in [-0.1, -0.05) is 20.8 Å². The molecule has 1 aromatic heterocycles. The summed E-state index contributed by atoms with van der Waals surface area (Å²) in [4.78, 5) is 25.1. The van der Waals surface area contributed by atoms with Crippen LogP contribution in [-0.2, 0) is 11.2 Å². The summed E-state index contributed by atoms with van der Waals surface area (Å²) < 4.78 is 18.4. The molecule has 0 aliphatic carbocycles. The number of hydrogen-bond acceptors (Lipinski definition) is 6. The van der Waals surface area contributed by atoms with Gasteiger partial charge in [-0.3, -0.25) is 4.79 Å². The first-order valence-corrected chi connectivity index (χ1v) is 10.2. The van der Waals surface area contributed by atoms with E-state index < -0.39 is 5.97 Å². The van der Waals surface area contributed by atoms with Gasteiger partial charge in [0.25, 0.3) is 0 Å². The number of rotatable bonds is 6. The normalized spacial score (nSPS) is 15.2. The zero-order valence-corrected chi connectivity index (χ0v) is 18.3. The monoisotopic (exact) mass is 414 g/mol. The molecule has 2 heterocycles. The summed E-state index contributed by atoms with van der Waals surface area (Å²) in [5.41, 5.74) is 7.85. The van der Waals surface area contributed by atoms with Crippen molar-refractivity contribution in [1.29, 1.82) is 0 Å². The number of ether oxygens (including phenoxy) is 3. The summed E-state index contributed by atoms with van der Waals surface area (Å²) in [5, 5.41) is 0. The first-order chi connectivity index (χ1) is 14.2. The average Bonchev–Trinajstić information content (AvgIpc) is 2.69. The maximum Gasteiger partial charge on any atom is 0.343 e. The Labute approximate surface area is 176 Å². The standard InChI is InChI=1S/C23H30N2O5/c1-6-29-22(27)16-13-25-17(12-18(16)26)15-11-19(28-5)20(30-8-7-24)9-14(15)10-21(25)23(2,3)4/h9,11-13,21H,6-8,10,24H2,1-5H3. The molecule has 0 bridgehead atoms. The topological polar surface area (TPSA) is 92.8 Å². The third kappa shape index (κ3) is 4.07. The van der Waals surface area contributed by atoms with Crippen molar-refractivity contribution in [2.24, 2.45) is 11.1 Å². The molecule has 2 N–H and O–H groups in total. The maximum atomic E-state index is 12.8. The fourth-order valence-corrected chi connectivity index (χ4v) is 3.87. The number of aromatic nitrogens is 1. The Kier molecular flexibility index (Phi) is 6.22. The smallest absolute Gasteiger partial charge is 0.343 e. The zero-order valence-electron chi connectivity index (χ0n) is 18.3. The first-order valence-electron chi connectivity index (χ1n) is 10.2. The minimum absolute atomic E-state index is 0.0320. The van der Waals surface area contributed by atoms with Crippen LogP contribution in [0.15, 0.2) is 29.2 Å². The molecule has 7 heteroatoms. The number of methoxy groups -OCH3 is 1. The molecule has 0 spiro atoms. The Morgan fingerprint density at radius 1 is 1.23 bits per heavy atom. The minimum Gasteiger partial charge on any atom is -0.493 e. The molecule has 0 radical (unpaired) electrons. The number of pyridine rings is 1. The second-order valence-corrected chi connectivity index (χ2v) is 8.45. The molecule has 162 valence electrons. The van der Waals surface area contributed by atoms with E-state index in [0.717, 1.165) is 23.2 Å². The summed E-state index contributed by atoms with van der Waals surface area (Å²) in [6.45, 7) is 9.15. The van der Waals surface area contributed by atoms with Gasteiger partial charge in [0.15, 0.2) is 16.9 Å². The Morgan fingerprint density at radius 3 is 2.57 bits per heavy atom. The van der Waals surface area contributed by atoms with Crippen LogP contribution in [0.4, 0.5) is 0 Å². The van der Waals surface area contributed by atoms with Crippen LogP contribution in [0, 0.1) is 5.41 Å². The fourth-order valence-electron chi connectivity index (χ4n) is 3.87. The third-order valence-corrected chi connectivity index (χ3v) is 5.36. The van der Waals surface area contributed by atoms with E-state index in [1.807, 2.05) is 16.7 Å². The molecular formula is C23H30N2O5. The number of esters is 1. The number of fused-ring (bicyclic) bond motifs is 3. The molecular weight excluding hydrogens is 384 g/mol. The lowest BCUT2D eigenvalue weighted by molar-refractivity contribution is 0.0523. The van der Waals surface area contributed by atoms with Gasteiger partial charge >= 0.3 is 5.97 Å². The van der Waals surface area contributed by atoms with E-state index in [0.29, 0.717) is 24.7 Å². The summed E-state index contributed by atoms with van der Waals surface area (Å²) in [6.07, 6.45) is 2.36. The SMILES string of the molecule is CCOC(=O)c1cn2c(cc1=O)-c1cc(OC)c(OCCN)cc1CC2C(C)(C)C. The van der Waals surface area contributed by atoms with Crippen LogP contribution in [0.1, 0.15) is 49.7 Å². The molecule has 30 heavy (non-hydrogen) atoms. The maximum absolute atomic E-state index is 12.8. The summed E-state index contributed by atoms with van der Waals surface area (Å²) in [6, 6.07) is 5.40. The molecule has 1 aliphatic heterocycles. The van der Waals surface area contributed by atoms with Gasteiger partial charge in [0.1, 0.15) is 12.2 Å². The predicted octanol–water partition coefficient (Wildman–Crippen LogP) is 3.18. The highest BCUT2D eigenvalue weighted by Crippen LogP contribution is 2.45. The highest BCUT2D eigenvalue weighted by molar-refractivity contribution is 5.89. The Morgan fingerprint density at radius 2 is 1.97 bits per heavy atom. The first kappa shape index (κ1) is 21.9. The van der Waals surface area contributed by atoms with E-state index in [4.69, 9.17) is 19.9 Å². The lowest BCUT2D eigenvalue weighted by atomic mass is 9.78. The number of hydrogen-bond donors (Lipinski definition) is 1. The van der Waals surface area contributed by atoms with Crippen molar-refractivity contribution in [2.75, 3.05) is 26.9 Å². The number of nitrogens with two attached hydrogens (primary N) is 1. The van der Waals surface area contributed by atoms with E-state index in [9.17, 15) is 9.59 Å². The molecule has 0 saturated heterocycles. The molecule has 0 amide bonds. The molecule has 1 aromatic carbocycles. The van der Waals surface area contributed by atoms with Crippen molar-refractivity contribution in [1.82, 2.24) is 4.57 Å². The van der Waals surface area contributed by atoms with E-state index in [2.05, 4.69) is 20.8 Å². The van der Waals surface area contributed by atoms with Crippen LogP contribution in [0.25, 0.3) is 11.3 Å². The van der Waals surface area contributed by atoms with Crippen molar-refractivity contribution in [2.45, 2.75) is 40.2 Å². The van der Waals surface area contributed by atoms with Gasteiger partial charge in [-0.15, -0.1) is 0 Å². The summed E-state index contributed by atoms with van der Waals surface area (Å²) in [7, 11) is 1.58. The minimum atomic E-state index is -0.598. The fraction of sp³-hybridized carbons (Fsp3) is 0.478. The third-order valence-electron chi connectivity index (χ3n) is 5.36. The largest absolute Gasteiger partial charge is 0.493 e. The van der Waals surface area contributed by atoms with Crippen LogP contribution in [0.2, 0.25) is 0 Å². The Balaban J connectivity index is 2.23. The lowest BCUT2D eigenvalue weighted by Gasteiger charge is -2.39. The second-order valence-electron chi connectivity index (χ2n) is 8.45. The average molecular weight is 415 g/mol. The molecule has 0 fully saturated rings. The van der Waals surface area contributed by atoms with Gasteiger partial charge in [-0.05, 0) is 36.5 Å². The molecule has 7 nitrogen and oxygen atoms in total. The van der Waals surface area contributed by atoms with E-state index in [-0.39, 0.29) is 29.1 Å². The van der Waals surface area contributed by atoms with Crippen molar-refractivity contribution in [3.63, 3.8) is 0 Å². The van der Waals surface area contributed by atoms with E-state index in [1.54, 1.807) is 20.2 Å². The van der Waals surface area contributed by atoms with Crippen molar-refractivity contribution in [3.8, 4) is 22.8 Å². The number of nitrogens with zero attached hydrogens (tertiary/aromatic N) is 1. The van der Waals surface area contributed by atoms with Crippen molar-refractivity contribution in [3.05, 3.63) is 45.7 Å². The van der Waals surface area contributed by atoms with Gasteiger partial charge < -0.3 is 24.5 Å². The molecule has 1 unspecified atom stereocenters. The molecule has 3 rings (SSSR count).